The fourth-order valence-electron chi connectivity index (χ4n) is 2.38. The third kappa shape index (κ3) is 2.67. The van der Waals surface area contributed by atoms with Crippen molar-refractivity contribution in [3.63, 3.8) is 0 Å². The van der Waals surface area contributed by atoms with Gasteiger partial charge in [0, 0.05) is 13.1 Å². The third-order valence-corrected chi connectivity index (χ3v) is 4.18. The molecule has 0 fully saturated rings. The van der Waals surface area contributed by atoms with Crippen molar-refractivity contribution in [2.75, 3.05) is 12.3 Å². The largest absolute Gasteiger partial charge is 0.339 e. The lowest BCUT2D eigenvalue weighted by Crippen LogP contribution is -2.28. The van der Waals surface area contributed by atoms with E-state index in [-0.39, 0.29) is 5.92 Å². The minimum atomic E-state index is 0.179. The summed E-state index contributed by atoms with van der Waals surface area (Å²) in [6.07, 6.45) is 0. The van der Waals surface area contributed by atoms with E-state index in [1.54, 1.807) is 11.8 Å². The van der Waals surface area contributed by atoms with E-state index in [0.717, 1.165) is 36.3 Å². The highest BCUT2D eigenvalue weighted by atomic mass is 32.2. The molecule has 1 aromatic heterocycles. The van der Waals surface area contributed by atoms with Crippen LogP contribution in [0, 0.1) is 0 Å². The number of hydrogen-bond donors (Lipinski definition) is 1. The molecule has 5 heteroatoms. The molecule has 100 valence electrons. The number of nitrogens with one attached hydrogen (secondary N) is 1. The van der Waals surface area contributed by atoms with Crippen LogP contribution in [0.1, 0.15) is 35.7 Å². The van der Waals surface area contributed by atoms with Crippen molar-refractivity contribution in [3.8, 4) is 0 Å². The van der Waals surface area contributed by atoms with Crippen molar-refractivity contribution in [2.24, 2.45) is 0 Å². The van der Waals surface area contributed by atoms with Gasteiger partial charge in [0.15, 0.2) is 5.82 Å². The molecule has 1 atom stereocenters. The summed E-state index contributed by atoms with van der Waals surface area (Å²) >= 11 is 1.81. The van der Waals surface area contributed by atoms with E-state index in [9.17, 15) is 0 Å². The lowest BCUT2D eigenvalue weighted by Gasteiger charge is -2.23. The molecule has 2 heterocycles. The summed E-state index contributed by atoms with van der Waals surface area (Å²) in [5.41, 5.74) is 2.63. The zero-order valence-electron chi connectivity index (χ0n) is 10.9. The minimum Gasteiger partial charge on any atom is -0.339 e. The van der Waals surface area contributed by atoms with Crippen LogP contribution in [0.4, 0.5) is 0 Å². The van der Waals surface area contributed by atoms with E-state index in [1.807, 2.05) is 0 Å². The Kier molecular flexibility index (Phi) is 3.84. The van der Waals surface area contributed by atoms with Crippen molar-refractivity contribution >= 4 is 11.8 Å². The molecule has 0 bridgehead atoms. The Balaban J connectivity index is 1.85. The van der Waals surface area contributed by atoms with Gasteiger partial charge in [-0.3, -0.25) is 0 Å². The van der Waals surface area contributed by atoms with Gasteiger partial charge in [0.2, 0.25) is 5.89 Å². The maximum absolute atomic E-state index is 5.44. The molecule has 1 aliphatic heterocycles. The molecule has 0 saturated heterocycles. The Labute approximate surface area is 117 Å². The average molecular weight is 275 g/mol. The van der Waals surface area contributed by atoms with Gasteiger partial charge in [0.1, 0.15) is 0 Å². The standard InChI is InChI=1S/C14H17N3OS/c1-2-19-9-13-16-14(18-17-13)12-8-15-7-10-5-3-4-6-11(10)12/h3-6,12,15H,2,7-9H2,1H3. The van der Waals surface area contributed by atoms with Crippen LogP contribution in [-0.2, 0) is 12.3 Å². The maximum Gasteiger partial charge on any atom is 0.235 e. The number of benzene rings is 1. The predicted octanol–water partition coefficient (Wildman–Crippen LogP) is 2.56. The highest BCUT2D eigenvalue weighted by Crippen LogP contribution is 2.29. The van der Waals surface area contributed by atoms with Crippen LogP contribution in [-0.4, -0.2) is 22.4 Å². The molecule has 3 rings (SSSR count). The second-order valence-corrected chi connectivity index (χ2v) is 5.84. The van der Waals surface area contributed by atoms with Gasteiger partial charge in [-0.15, -0.1) is 0 Å². The van der Waals surface area contributed by atoms with Gasteiger partial charge in [-0.25, -0.2) is 0 Å². The molecule has 1 aromatic carbocycles. The lowest BCUT2D eigenvalue weighted by atomic mass is 9.91. The lowest BCUT2D eigenvalue weighted by molar-refractivity contribution is 0.353. The maximum atomic E-state index is 5.44. The number of hydrogen-bond acceptors (Lipinski definition) is 5. The topological polar surface area (TPSA) is 51.0 Å². The Morgan fingerprint density at radius 2 is 2.32 bits per heavy atom. The van der Waals surface area contributed by atoms with Crippen LogP contribution < -0.4 is 5.32 Å². The first-order valence-electron chi connectivity index (χ1n) is 6.57. The summed E-state index contributed by atoms with van der Waals surface area (Å²) < 4.78 is 5.44. The average Bonchev–Trinajstić information content (AvgIpc) is 2.93. The first kappa shape index (κ1) is 12.7. The third-order valence-electron chi connectivity index (χ3n) is 3.31. The number of fused-ring (bicyclic) bond motifs is 1. The predicted molar refractivity (Wildman–Crippen MR) is 76.1 cm³/mol. The minimum absolute atomic E-state index is 0.179. The van der Waals surface area contributed by atoms with Crippen LogP contribution in [0.2, 0.25) is 0 Å². The fraction of sp³-hybridized carbons (Fsp3) is 0.429. The number of nitrogens with zero attached hydrogens (tertiary/aromatic N) is 2. The van der Waals surface area contributed by atoms with E-state index in [4.69, 9.17) is 4.52 Å². The van der Waals surface area contributed by atoms with Gasteiger partial charge in [0.05, 0.1) is 11.7 Å². The van der Waals surface area contributed by atoms with Crippen molar-refractivity contribution < 1.29 is 4.52 Å². The Hall–Kier alpha value is -1.33. The van der Waals surface area contributed by atoms with Gasteiger partial charge in [-0.2, -0.15) is 16.7 Å². The van der Waals surface area contributed by atoms with E-state index >= 15 is 0 Å². The molecule has 4 nitrogen and oxygen atoms in total. The summed E-state index contributed by atoms with van der Waals surface area (Å²) in [5, 5.41) is 7.48. The summed E-state index contributed by atoms with van der Waals surface area (Å²) in [6, 6.07) is 8.45. The molecule has 1 unspecified atom stereocenters. The van der Waals surface area contributed by atoms with Crippen LogP contribution >= 0.6 is 11.8 Å². The van der Waals surface area contributed by atoms with Crippen LogP contribution in [0.5, 0.6) is 0 Å². The fourth-order valence-corrected chi connectivity index (χ4v) is 2.88. The number of thioether (sulfide) groups is 1. The molecular weight excluding hydrogens is 258 g/mol. The monoisotopic (exact) mass is 275 g/mol. The first-order chi connectivity index (χ1) is 9.38. The van der Waals surface area contributed by atoms with Crippen molar-refractivity contribution in [3.05, 3.63) is 47.1 Å². The molecule has 0 spiro atoms. The van der Waals surface area contributed by atoms with E-state index < -0.39 is 0 Å². The summed E-state index contributed by atoms with van der Waals surface area (Å²) in [7, 11) is 0. The molecule has 19 heavy (non-hydrogen) atoms. The Bertz CT molecular complexity index is 555. The smallest absolute Gasteiger partial charge is 0.235 e. The van der Waals surface area contributed by atoms with E-state index in [1.165, 1.54) is 11.1 Å². The van der Waals surface area contributed by atoms with E-state index in [0.29, 0.717) is 0 Å². The second-order valence-electron chi connectivity index (χ2n) is 4.57. The van der Waals surface area contributed by atoms with E-state index in [2.05, 4.69) is 46.6 Å². The van der Waals surface area contributed by atoms with Crippen LogP contribution in [0.25, 0.3) is 0 Å². The van der Waals surface area contributed by atoms with Gasteiger partial charge in [0.25, 0.3) is 0 Å². The summed E-state index contributed by atoms with van der Waals surface area (Å²) in [5.74, 6) is 3.59. The zero-order valence-corrected chi connectivity index (χ0v) is 11.7. The summed E-state index contributed by atoms with van der Waals surface area (Å²) in [6.45, 7) is 3.91. The van der Waals surface area contributed by atoms with Gasteiger partial charge in [-0.1, -0.05) is 36.3 Å². The Morgan fingerprint density at radius 1 is 1.42 bits per heavy atom. The SMILES string of the molecule is CCSCc1noc(C2CNCc3ccccc32)n1. The van der Waals surface area contributed by atoms with Crippen LogP contribution in [0.15, 0.2) is 28.8 Å². The van der Waals surface area contributed by atoms with Crippen molar-refractivity contribution in [1.82, 2.24) is 15.5 Å². The molecule has 0 radical (unpaired) electrons. The van der Waals surface area contributed by atoms with Gasteiger partial charge in [-0.05, 0) is 16.9 Å². The highest BCUT2D eigenvalue weighted by Gasteiger charge is 2.26. The molecule has 2 aromatic rings. The zero-order chi connectivity index (χ0) is 13.1. The number of aromatic nitrogens is 2. The van der Waals surface area contributed by atoms with Gasteiger partial charge >= 0.3 is 0 Å². The number of rotatable bonds is 4. The highest BCUT2D eigenvalue weighted by molar-refractivity contribution is 7.98. The van der Waals surface area contributed by atoms with Crippen molar-refractivity contribution in [2.45, 2.75) is 25.1 Å². The Morgan fingerprint density at radius 3 is 3.21 bits per heavy atom. The van der Waals surface area contributed by atoms with Gasteiger partial charge < -0.3 is 9.84 Å². The quantitative estimate of drug-likeness (QED) is 0.929. The van der Waals surface area contributed by atoms with Crippen molar-refractivity contribution in [1.29, 1.82) is 0 Å². The molecule has 1 N–H and O–H groups in total. The second kappa shape index (κ2) is 5.75. The molecular formula is C14H17N3OS. The molecule has 0 saturated carbocycles. The first-order valence-corrected chi connectivity index (χ1v) is 7.72. The molecule has 0 amide bonds. The van der Waals surface area contributed by atoms with Crippen LogP contribution in [0.3, 0.4) is 0 Å². The molecule has 1 aliphatic rings. The summed E-state index contributed by atoms with van der Waals surface area (Å²) in [4.78, 5) is 4.53. The molecule has 0 aliphatic carbocycles. The normalized spacial score (nSPS) is 18.3.